The molecule has 0 aromatic rings. The van der Waals surface area contributed by atoms with Crippen molar-refractivity contribution in [2.24, 2.45) is 11.8 Å². The normalized spacial score (nSPS) is 29.0. The Kier molecular flexibility index (Phi) is 5.16. The van der Waals surface area contributed by atoms with E-state index in [-0.39, 0.29) is 25.0 Å². The number of imide groups is 1. The second kappa shape index (κ2) is 7.30. The molecule has 3 aliphatic rings. The van der Waals surface area contributed by atoms with Crippen LogP contribution < -0.4 is 0 Å². The van der Waals surface area contributed by atoms with E-state index < -0.39 is 0 Å². The van der Waals surface area contributed by atoms with Gasteiger partial charge in [-0.05, 0) is 36.7 Å². The van der Waals surface area contributed by atoms with E-state index in [9.17, 15) is 9.59 Å². The van der Waals surface area contributed by atoms with Crippen LogP contribution in [0.2, 0.25) is 0 Å². The molecular formula is C18H26N2O3. The van der Waals surface area contributed by atoms with Crippen molar-refractivity contribution in [3.05, 3.63) is 23.9 Å². The molecule has 23 heavy (non-hydrogen) atoms. The van der Waals surface area contributed by atoms with E-state index in [1.54, 1.807) is 0 Å². The van der Waals surface area contributed by atoms with Gasteiger partial charge in [0.2, 0.25) is 0 Å². The molecule has 2 fully saturated rings. The van der Waals surface area contributed by atoms with Crippen LogP contribution in [0.4, 0.5) is 0 Å². The Morgan fingerprint density at radius 1 is 1.17 bits per heavy atom. The number of allylic oxidation sites excluding steroid dienone is 2. The van der Waals surface area contributed by atoms with Crippen LogP contribution in [-0.2, 0) is 14.3 Å². The molecular weight excluding hydrogens is 292 g/mol. The van der Waals surface area contributed by atoms with E-state index in [0.29, 0.717) is 18.4 Å². The summed E-state index contributed by atoms with van der Waals surface area (Å²) in [5.74, 6) is 0.721. The highest BCUT2D eigenvalue weighted by Crippen LogP contribution is 2.38. The SMILES string of the molecule is CN1C=C([C@@H]2CCCC[C@H]2CCN2C(=O)COCC2=O)C=CC1. The molecule has 1 saturated heterocycles. The third kappa shape index (κ3) is 3.83. The van der Waals surface area contributed by atoms with Gasteiger partial charge >= 0.3 is 0 Å². The number of nitrogens with zero attached hydrogens (tertiary/aromatic N) is 2. The first kappa shape index (κ1) is 16.2. The van der Waals surface area contributed by atoms with Crippen molar-refractivity contribution < 1.29 is 14.3 Å². The number of morpholine rings is 1. The maximum Gasteiger partial charge on any atom is 0.255 e. The third-order valence-corrected chi connectivity index (χ3v) is 5.19. The van der Waals surface area contributed by atoms with Gasteiger partial charge in [0, 0.05) is 26.3 Å². The maximum absolute atomic E-state index is 11.9. The van der Waals surface area contributed by atoms with Crippen molar-refractivity contribution in [2.75, 3.05) is 33.4 Å². The predicted molar refractivity (Wildman–Crippen MR) is 87.5 cm³/mol. The van der Waals surface area contributed by atoms with E-state index in [0.717, 1.165) is 13.0 Å². The van der Waals surface area contributed by atoms with E-state index >= 15 is 0 Å². The number of hydrogen-bond donors (Lipinski definition) is 0. The van der Waals surface area contributed by atoms with Crippen LogP contribution in [0, 0.1) is 11.8 Å². The highest BCUT2D eigenvalue weighted by Gasteiger charge is 2.31. The summed E-state index contributed by atoms with van der Waals surface area (Å²) in [7, 11) is 2.10. The zero-order valence-corrected chi connectivity index (χ0v) is 13.9. The van der Waals surface area contributed by atoms with Gasteiger partial charge < -0.3 is 9.64 Å². The fraction of sp³-hybridized carbons (Fsp3) is 0.667. The summed E-state index contributed by atoms with van der Waals surface area (Å²) in [5.41, 5.74) is 1.41. The van der Waals surface area contributed by atoms with Gasteiger partial charge in [-0.2, -0.15) is 0 Å². The monoisotopic (exact) mass is 318 g/mol. The van der Waals surface area contributed by atoms with Crippen LogP contribution >= 0.6 is 0 Å². The van der Waals surface area contributed by atoms with Crippen molar-refractivity contribution in [1.82, 2.24) is 9.80 Å². The van der Waals surface area contributed by atoms with Gasteiger partial charge in [-0.25, -0.2) is 0 Å². The largest absolute Gasteiger partial charge is 0.376 e. The number of likely N-dealkylation sites (N-methyl/N-ethyl adjacent to an activating group) is 1. The van der Waals surface area contributed by atoms with Gasteiger partial charge in [0.15, 0.2) is 0 Å². The molecule has 126 valence electrons. The lowest BCUT2D eigenvalue weighted by Crippen LogP contribution is -2.47. The molecule has 0 aromatic carbocycles. The van der Waals surface area contributed by atoms with Crippen molar-refractivity contribution in [1.29, 1.82) is 0 Å². The molecule has 2 amide bonds. The van der Waals surface area contributed by atoms with Crippen LogP contribution in [0.15, 0.2) is 23.9 Å². The molecule has 5 nitrogen and oxygen atoms in total. The zero-order valence-electron chi connectivity index (χ0n) is 13.9. The first-order chi connectivity index (χ1) is 11.1. The summed E-state index contributed by atoms with van der Waals surface area (Å²) < 4.78 is 4.98. The molecule has 0 N–H and O–H groups in total. The Hall–Kier alpha value is -1.62. The molecule has 1 saturated carbocycles. The first-order valence-corrected chi connectivity index (χ1v) is 8.64. The van der Waals surface area contributed by atoms with E-state index in [2.05, 4.69) is 30.3 Å². The van der Waals surface area contributed by atoms with Gasteiger partial charge in [0.05, 0.1) is 0 Å². The van der Waals surface area contributed by atoms with Crippen LogP contribution in [0.25, 0.3) is 0 Å². The zero-order chi connectivity index (χ0) is 16.2. The van der Waals surface area contributed by atoms with Crippen LogP contribution in [0.3, 0.4) is 0 Å². The quantitative estimate of drug-likeness (QED) is 0.744. The lowest BCUT2D eigenvalue weighted by Gasteiger charge is -2.35. The molecule has 3 rings (SSSR count). The Morgan fingerprint density at radius 2 is 1.91 bits per heavy atom. The van der Waals surface area contributed by atoms with Crippen LogP contribution in [-0.4, -0.2) is 55.0 Å². The first-order valence-electron chi connectivity index (χ1n) is 8.64. The smallest absolute Gasteiger partial charge is 0.255 e. The summed E-state index contributed by atoms with van der Waals surface area (Å²) >= 11 is 0. The molecule has 1 aliphatic carbocycles. The minimum Gasteiger partial charge on any atom is -0.376 e. The number of carbonyl (C=O) groups is 2. The highest BCUT2D eigenvalue weighted by molar-refractivity contribution is 5.98. The Bertz CT molecular complexity index is 510. The fourth-order valence-electron chi connectivity index (χ4n) is 3.98. The highest BCUT2D eigenvalue weighted by atomic mass is 16.5. The Balaban J connectivity index is 1.64. The number of carbonyl (C=O) groups excluding carboxylic acids is 2. The van der Waals surface area contributed by atoms with Crippen molar-refractivity contribution in [3.63, 3.8) is 0 Å². The fourth-order valence-corrected chi connectivity index (χ4v) is 3.98. The molecule has 0 bridgehead atoms. The van der Waals surface area contributed by atoms with Crippen LogP contribution in [0.1, 0.15) is 32.1 Å². The van der Waals surface area contributed by atoms with Crippen molar-refractivity contribution in [2.45, 2.75) is 32.1 Å². The maximum atomic E-state index is 11.9. The summed E-state index contributed by atoms with van der Waals surface area (Å²) in [6.07, 6.45) is 12.5. The topological polar surface area (TPSA) is 49.9 Å². The minimum absolute atomic E-state index is 0.0402. The predicted octanol–water partition coefficient (Wildman–Crippen LogP) is 1.95. The molecule has 5 heteroatoms. The summed E-state index contributed by atoms with van der Waals surface area (Å²) in [6.45, 7) is 1.59. The summed E-state index contributed by atoms with van der Waals surface area (Å²) in [5, 5.41) is 0. The Morgan fingerprint density at radius 3 is 2.65 bits per heavy atom. The second-order valence-electron chi connectivity index (χ2n) is 6.84. The van der Waals surface area contributed by atoms with Crippen LogP contribution in [0.5, 0.6) is 0 Å². The van der Waals surface area contributed by atoms with Crippen molar-refractivity contribution in [3.8, 4) is 0 Å². The number of amides is 2. The van der Waals surface area contributed by atoms with E-state index in [1.165, 1.54) is 36.2 Å². The molecule has 0 spiro atoms. The lowest BCUT2D eigenvalue weighted by molar-refractivity contribution is -0.158. The van der Waals surface area contributed by atoms with Gasteiger partial charge in [0.1, 0.15) is 13.2 Å². The third-order valence-electron chi connectivity index (χ3n) is 5.19. The van der Waals surface area contributed by atoms with Gasteiger partial charge in [-0.1, -0.05) is 25.0 Å². The molecule has 2 heterocycles. The lowest BCUT2D eigenvalue weighted by atomic mass is 9.73. The second-order valence-corrected chi connectivity index (χ2v) is 6.84. The number of rotatable bonds is 4. The number of hydrogen-bond acceptors (Lipinski definition) is 4. The molecule has 0 radical (unpaired) electrons. The molecule has 0 unspecified atom stereocenters. The van der Waals surface area contributed by atoms with Crippen molar-refractivity contribution >= 4 is 11.8 Å². The summed E-state index contributed by atoms with van der Waals surface area (Å²) in [6, 6.07) is 0. The number of ether oxygens (including phenoxy) is 1. The molecule has 2 atom stereocenters. The van der Waals surface area contributed by atoms with Gasteiger partial charge in [-0.3, -0.25) is 14.5 Å². The minimum atomic E-state index is -0.190. The van der Waals surface area contributed by atoms with E-state index in [4.69, 9.17) is 4.74 Å². The average Bonchev–Trinajstić information content (AvgIpc) is 2.55. The Labute approximate surface area is 138 Å². The van der Waals surface area contributed by atoms with Gasteiger partial charge in [0.25, 0.3) is 11.8 Å². The summed E-state index contributed by atoms with van der Waals surface area (Å²) in [4.78, 5) is 27.3. The standard InChI is InChI=1S/C18H26N2O3/c1-19-9-4-6-15(11-19)16-7-3-2-5-14(16)8-10-20-17(21)12-23-13-18(20)22/h4,6,11,14,16H,2-3,5,7-10,12-13H2,1H3/t14-,16+/m0/s1. The van der Waals surface area contributed by atoms with E-state index in [1.807, 2.05) is 0 Å². The average molecular weight is 318 g/mol. The molecule has 2 aliphatic heterocycles. The van der Waals surface area contributed by atoms with Gasteiger partial charge in [-0.15, -0.1) is 0 Å². The molecule has 0 aromatic heterocycles.